The van der Waals surface area contributed by atoms with Gasteiger partial charge in [-0.1, -0.05) is 30.3 Å². The van der Waals surface area contributed by atoms with Gasteiger partial charge in [0.25, 0.3) is 0 Å². The van der Waals surface area contributed by atoms with Gasteiger partial charge in [-0.25, -0.2) is 0 Å². The number of nitrogens with zero attached hydrogens (tertiary/aromatic N) is 1. The third-order valence-electron chi connectivity index (χ3n) is 3.74. The molecule has 1 aliphatic rings. The molecule has 0 radical (unpaired) electrons. The fraction of sp³-hybridized carbons (Fsp3) is 0.444. The molecule has 0 bridgehead atoms. The molecule has 1 atom stereocenters. The molecule has 3 nitrogen and oxygen atoms in total. The van der Waals surface area contributed by atoms with Crippen molar-refractivity contribution in [1.82, 2.24) is 4.90 Å². The van der Waals surface area contributed by atoms with Crippen LogP contribution in [-0.4, -0.2) is 44.7 Å². The summed E-state index contributed by atoms with van der Waals surface area (Å²) in [5.41, 5.74) is 0.862. The third-order valence-corrected chi connectivity index (χ3v) is 3.74. The summed E-state index contributed by atoms with van der Waals surface area (Å²) in [6.45, 7) is -4.25. The molecule has 0 aliphatic carbocycles. The molecule has 0 aromatic heterocycles. The highest BCUT2D eigenvalue weighted by Gasteiger charge is 2.18. The van der Waals surface area contributed by atoms with Crippen molar-refractivity contribution in [2.24, 2.45) is 0 Å². The molecule has 112 valence electrons. The Morgan fingerprint density at radius 3 is 2.90 bits per heavy atom. The number of benzene rings is 2. The van der Waals surface area contributed by atoms with Gasteiger partial charge in [0.15, 0.2) is 0 Å². The lowest BCUT2D eigenvalue weighted by Crippen LogP contribution is -2.17. The standard InChI is InChI=1S/C18H23NO2/c1-19(2)11-9-15-6-3-5-14-7-4-8-17(18(14)15)21-16-10-12-20-13-16/h3-8,16H,9-13H2,1-2H3/t16-/m1/s1/i1D3,2D3. The minimum absolute atomic E-state index is 0.00935. The summed E-state index contributed by atoms with van der Waals surface area (Å²) in [4.78, 5) is 0.590. The predicted molar refractivity (Wildman–Crippen MR) is 86.1 cm³/mol. The second-order valence-corrected chi connectivity index (χ2v) is 5.28. The lowest BCUT2D eigenvalue weighted by atomic mass is 10.0. The van der Waals surface area contributed by atoms with E-state index in [1.165, 1.54) is 0 Å². The number of rotatable bonds is 5. The van der Waals surface area contributed by atoms with Crippen molar-refractivity contribution in [3.8, 4) is 5.75 Å². The van der Waals surface area contributed by atoms with E-state index in [1.54, 1.807) is 0 Å². The normalized spacial score (nSPS) is 24.0. The van der Waals surface area contributed by atoms with Crippen LogP contribution in [0.1, 0.15) is 20.2 Å². The van der Waals surface area contributed by atoms with Crippen LogP contribution >= 0.6 is 0 Å². The molecule has 0 amide bonds. The second-order valence-electron chi connectivity index (χ2n) is 5.28. The zero-order valence-corrected chi connectivity index (χ0v) is 11.8. The maximum atomic E-state index is 7.53. The van der Waals surface area contributed by atoms with Crippen LogP contribution < -0.4 is 4.74 Å². The van der Waals surface area contributed by atoms with E-state index in [9.17, 15) is 0 Å². The Morgan fingerprint density at radius 2 is 2.14 bits per heavy atom. The number of hydrogen-bond acceptors (Lipinski definition) is 3. The average molecular weight is 291 g/mol. The van der Waals surface area contributed by atoms with Crippen molar-refractivity contribution in [3.05, 3.63) is 42.0 Å². The molecule has 3 rings (SSSR count). The smallest absolute Gasteiger partial charge is 0.127 e. The molecular weight excluding hydrogens is 262 g/mol. The van der Waals surface area contributed by atoms with E-state index < -0.39 is 14.0 Å². The van der Waals surface area contributed by atoms with Gasteiger partial charge in [0.2, 0.25) is 0 Å². The Hall–Kier alpha value is -1.58. The highest BCUT2D eigenvalue weighted by Crippen LogP contribution is 2.31. The van der Waals surface area contributed by atoms with Gasteiger partial charge >= 0.3 is 0 Å². The number of ether oxygens (including phenoxy) is 2. The summed E-state index contributed by atoms with van der Waals surface area (Å²) in [6.07, 6.45) is 1.10. The first kappa shape index (κ1) is 8.76. The van der Waals surface area contributed by atoms with Gasteiger partial charge in [0, 0.05) is 26.6 Å². The van der Waals surface area contributed by atoms with Crippen LogP contribution in [-0.2, 0) is 11.2 Å². The van der Waals surface area contributed by atoms with E-state index in [0.717, 1.165) is 22.8 Å². The second kappa shape index (κ2) is 6.46. The van der Waals surface area contributed by atoms with E-state index >= 15 is 0 Å². The van der Waals surface area contributed by atoms with Crippen molar-refractivity contribution in [3.63, 3.8) is 0 Å². The SMILES string of the molecule is [2H]C([2H])([2H])N(CCc1cccc2cccc(O[C@@H]3CCOC3)c12)C([2H])([2H])[2H]. The number of likely N-dealkylation sites (N-methyl/N-ethyl adjacent to an activating group) is 1. The van der Waals surface area contributed by atoms with Crippen LogP contribution in [0.5, 0.6) is 5.75 Å². The van der Waals surface area contributed by atoms with Gasteiger partial charge in [-0.15, -0.1) is 0 Å². The zero-order valence-electron chi connectivity index (χ0n) is 17.8. The van der Waals surface area contributed by atoms with Gasteiger partial charge in [-0.05, 0) is 37.4 Å². The molecule has 2 aromatic rings. The van der Waals surface area contributed by atoms with Crippen molar-refractivity contribution in [2.75, 3.05) is 33.7 Å². The van der Waals surface area contributed by atoms with Gasteiger partial charge in [-0.2, -0.15) is 0 Å². The molecule has 1 aliphatic heterocycles. The topological polar surface area (TPSA) is 21.7 Å². The summed E-state index contributed by atoms with van der Waals surface area (Å²) in [6, 6.07) is 11.5. The largest absolute Gasteiger partial charge is 0.487 e. The van der Waals surface area contributed by atoms with Crippen LogP contribution in [0.3, 0.4) is 0 Å². The number of fused-ring (bicyclic) bond motifs is 1. The molecule has 2 aromatic carbocycles. The summed E-state index contributed by atoms with van der Waals surface area (Å²) >= 11 is 0. The van der Waals surface area contributed by atoms with Crippen molar-refractivity contribution < 1.29 is 17.7 Å². The quantitative estimate of drug-likeness (QED) is 0.845. The molecule has 1 saturated heterocycles. The highest BCUT2D eigenvalue weighted by molar-refractivity contribution is 5.91. The first-order valence-electron chi connectivity index (χ1n) is 10.2. The minimum Gasteiger partial charge on any atom is -0.487 e. The molecule has 0 saturated carbocycles. The zero-order chi connectivity index (χ0) is 19.7. The predicted octanol–water partition coefficient (Wildman–Crippen LogP) is 3.11. The van der Waals surface area contributed by atoms with Crippen molar-refractivity contribution in [1.29, 1.82) is 0 Å². The van der Waals surface area contributed by atoms with E-state index in [4.69, 9.17) is 17.7 Å². The van der Waals surface area contributed by atoms with Gasteiger partial charge in [0.05, 0.1) is 13.2 Å². The maximum Gasteiger partial charge on any atom is 0.127 e. The lowest BCUT2D eigenvalue weighted by Gasteiger charge is -2.17. The Labute approximate surface area is 134 Å². The molecule has 0 spiro atoms. The molecule has 1 fully saturated rings. The van der Waals surface area contributed by atoms with Gasteiger partial charge < -0.3 is 14.4 Å². The molecule has 0 N–H and O–H groups in total. The fourth-order valence-electron chi connectivity index (χ4n) is 2.71. The van der Waals surface area contributed by atoms with E-state index in [0.29, 0.717) is 23.9 Å². The van der Waals surface area contributed by atoms with Crippen LogP contribution in [0.15, 0.2) is 36.4 Å². The van der Waals surface area contributed by atoms with Crippen molar-refractivity contribution in [2.45, 2.75) is 18.9 Å². The Balaban J connectivity index is 1.89. The van der Waals surface area contributed by atoms with E-state index in [-0.39, 0.29) is 19.1 Å². The summed E-state index contributed by atoms with van der Waals surface area (Å²) in [7, 11) is 0. The van der Waals surface area contributed by atoms with Crippen LogP contribution in [0.2, 0.25) is 0 Å². The average Bonchev–Trinajstić information content (AvgIpc) is 3.06. The van der Waals surface area contributed by atoms with E-state index in [2.05, 4.69) is 0 Å². The highest BCUT2D eigenvalue weighted by atomic mass is 16.5. The Bertz CT molecular complexity index is 764. The van der Waals surface area contributed by atoms with Gasteiger partial charge in [-0.3, -0.25) is 0 Å². The van der Waals surface area contributed by atoms with Crippen LogP contribution in [0.25, 0.3) is 10.8 Å². The third kappa shape index (κ3) is 3.36. The number of hydrogen-bond donors (Lipinski definition) is 0. The monoisotopic (exact) mass is 291 g/mol. The minimum atomic E-state index is -2.68. The van der Waals surface area contributed by atoms with Crippen LogP contribution in [0, 0.1) is 0 Å². The Kier molecular flexibility index (Phi) is 2.70. The fourth-order valence-corrected chi connectivity index (χ4v) is 2.71. The maximum absolute atomic E-state index is 7.53. The first-order valence-corrected chi connectivity index (χ1v) is 7.19. The summed E-state index contributed by atoms with van der Waals surface area (Å²) in [5.74, 6) is 0.716. The van der Waals surface area contributed by atoms with Crippen LogP contribution in [0.4, 0.5) is 0 Å². The molecule has 3 heteroatoms. The van der Waals surface area contributed by atoms with Crippen molar-refractivity contribution >= 4 is 10.8 Å². The van der Waals surface area contributed by atoms with E-state index in [1.807, 2.05) is 36.4 Å². The van der Waals surface area contributed by atoms with Gasteiger partial charge in [0.1, 0.15) is 11.9 Å². The molecule has 0 unspecified atom stereocenters. The molecule has 21 heavy (non-hydrogen) atoms. The first-order chi connectivity index (χ1) is 12.7. The molecular formula is C18H23NO2. The summed E-state index contributed by atoms with van der Waals surface area (Å²) in [5, 5.41) is 1.86. The Morgan fingerprint density at radius 1 is 1.29 bits per heavy atom. The lowest BCUT2D eigenvalue weighted by molar-refractivity contribution is 0.142. The molecule has 1 heterocycles. The summed E-state index contributed by atoms with van der Waals surface area (Å²) < 4.78 is 56.6.